The first kappa shape index (κ1) is 15.2. The maximum absolute atomic E-state index is 12.8. The Kier molecular flexibility index (Phi) is 3.81. The van der Waals surface area contributed by atoms with Crippen molar-refractivity contribution in [3.8, 4) is 0 Å². The lowest BCUT2D eigenvalue weighted by Gasteiger charge is -2.25. The van der Waals surface area contributed by atoms with Gasteiger partial charge in [-0.15, -0.1) is 11.3 Å². The molecular formula is C18H22N2OS. The second kappa shape index (κ2) is 5.51. The maximum atomic E-state index is 12.8. The Morgan fingerprint density at radius 1 is 1.32 bits per heavy atom. The van der Waals surface area contributed by atoms with E-state index in [0.717, 1.165) is 22.7 Å². The summed E-state index contributed by atoms with van der Waals surface area (Å²) < 4.78 is 0. The minimum absolute atomic E-state index is 0.0122. The molecule has 1 aliphatic rings. The monoisotopic (exact) mass is 314 g/mol. The van der Waals surface area contributed by atoms with Crippen molar-refractivity contribution in [2.24, 2.45) is 0 Å². The molecule has 0 aliphatic heterocycles. The van der Waals surface area contributed by atoms with Crippen LogP contribution in [-0.2, 0) is 11.8 Å². The molecule has 4 heteroatoms. The molecule has 1 heterocycles. The zero-order chi connectivity index (χ0) is 15.9. The first-order valence-corrected chi connectivity index (χ1v) is 8.51. The van der Waals surface area contributed by atoms with E-state index in [9.17, 15) is 4.79 Å². The van der Waals surface area contributed by atoms with Gasteiger partial charge in [0.05, 0.1) is 17.2 Å². The highest BCUT2D eigenvalue weighted by atomic mass is 32.1. The second-order valence-corrected chi connectivity index (χ2v) is 7.98. The topological polar surface area (TPSA) is 33.2 Å². The Hall–Kier alpha value is -1.68. The number of aryl methyl sites for hydroxylation is 1. The number of nitrogens with zero attached hydrogens (tertiary/aromatic N) is 2. The summed E-state index contributed by atoms with van der Waals surface area (Å²) in [6.45, 7) is 6.37. The van der Waals surface area contributed by atoms with Crippen LogP contribution in [0.25, 0.3) is 0 Å². The highest BCUT2D eigenvalue weighted by Gasteiger charge is 2.30. The van der Waals surface area contributed by atoms with Crippen molar-refractivity contribution in [3.63, 3.8) is 0 Å². The number of hydrogen-bond donors (Lipinski definition) is 0. The molecule has 3 nitrogen and oxygen atoms in total. The second-order valence-electron chi connectivity index (χ2n) is 6.95. The van der Waals surface area contributed by atoms with E-state index in [1.807, 2.05) is 11.9 Å². The largest absolute Gasteiger partial charge is 0.334 e. The van der Waals surface area contributed by atoms with Crippen LogP contribution in [0.3, 0.4) is 0 Å². The quantitative estimate of drug-likeness (QED) is 0.832. The smallest absolute Gasteiger partial charge is 0.265 e. The van der Waals surface area contributed by atoms with Crippen LogP contribution in [0.4, 0.5) is 0 Å². The van der Waals surface area contributed by atoms with Crippen molar-refractivity contribution in [1.82, 2.24) is 9.88 Å². The van der Waals surface area contributed by atoms with E-state index in [0.29, 0.717) is 0 Å². The summed E-state index contributed by atoms with van der Waals surface area (Å²) in [4.78, 5) is 19.8. The molecule has 0 radical (unpaired) electrons. The average molecular weight is 314 g/mol. The number of rotatable bonds is 2. The van der Waals surface area contributed by atoms with E-state index >= 15 is 0 Å². The molecule has 1 aromatic carbocycles. The molecule has 0 N–H and O–H groups in total. The van der Waals surface area contributed by atoms with Crippen LogP contribution in [0.15, 0.2) is 30.5 Å². The van der Waals surface area contributed by atoms with Gasteiger partial charge in [0.1, 0.15) is 4.88 Å². The summed E-state index contributed by atoms with van der Waals surface area (Å²) >= 11 is 1.51. The number of fused-ring (bicyclic) bond motifs is 1. The van der Waals surface area contributed by atoms with Crippen molar-refractivity contribution < 1.29 is 4.79 Å². The number of amides is 1. The number of thiazole rings is 1. The molecule has 1 aromatic heterocycles. The molecule has 0 saturated heterocycles. The van der Waals surface area contributed by atoms with Crippen LogP contribution in [0.5, 0.6) is 0 Å². The SMILES string of the molecule is CN(C(=O)c1cnc(C(C)(C)C)s1)[C@@H]1CCc2ccccc21. The standard InChI is InChI=1S/C18H22N2OS/c1-18(2,3)17-19-11-15(22-17)16(21)20(4)14-10-9-12-7-5-6-8-13(12)14/h5-8,11,14H,9-10H2,1-4H3/t14-/m1/s1. The van der Waals surface area contributed by atoms with Crippen LogP contribution in [-0.4, -0.2) is 22.8 Å². The molecule has 0 saturated carbocycles. The van der Waals surface area contributed by atoms with Crippen LogP contribution in [0, 0.1) is 0 Å². The van der Waals surface area contributed by atoms with Crippen LogP contribution in [0.1, 0.15) is 59.0 Å². The van der Waals surface area contributed by atoms with E-state index in [1.165, 1.54) is 22.5 Å². The van der Waals surface area contributed by atoms with Gasteiger partial charge in [-0.05, 0) is 24.0 Å². The van der Waals surface area contributed by atoms with Gasteiger partial charge in [-0.25, -0.2) is 4.98 Å². The number of hydrogen-bond acceptors (Lipinski definition) is 3. The highest BCUT2D eigenvalue weighted by Crippen LogP contribution is 2.36. The number of carbonyl (C=O) groups is 1. The summed E-state index contributed by atoms with van der Waals surface area (Å²) in [5.41, 5.74) is 2.65. The molecular weight excluding hydrogens is 292 g/mol. The molecule has 0 bridgehead atoms. The van der Waals surface area contributed by atoms with Crippen LogP contribution < -0.4 is 0 Å². The van der Waals surface area contributed by atoms with Crippen molar-refractivity contribution in [1.29, 1.82) is 0 Å². The first-order chi connectivity index (χ1) is 10.4. The van der Waals surface area contributed by atoms with Crippen LogP contribution in [0.2, 0.25) is 0 Å². The van der Waals surface area contributed by atoms with E-state index in [-0.39, 0.29) is 17.4 Å². The maximum Gasteiger partial charge on any atom is 0.265 e. The van der Waals surface area contributed by atoms with Gasteiger partial charge < -0.3 is 4.90 Å². The minimum atomic E-state index is -0.0122. The van der Waals surface area contributed by atoms with Gasteiger partial charge >= 0.3 is 0 Å². The summed E-state index contributed by atoms with van der Waals surface area (Å²) in [5, 5.41) is 1.01. The number of carbonyl (C=O) groups excluding carboxylic acids is 1. The van der Waals surface area contributed by atoms with Crippen molar-refractivity contribution in [3.05, 3.63) is 51.5 Å². The van der Waals surface area contributed by atoms with E-state index in [4.69, 9.17) is 0 Å². The Labute approximate surface area is 136 Å². The van der Waals surface area contributed by atoms with Gasteiger partial charge in [0.15, 0.2) is 0 Å². The summed E-state index contributed by atoms with van der Waals surface area (Å²) in [6.07, 6.45) is 3.78. The predicted molar refractivity (Wildman–Crippen MR) is 90.4 cm³/mol. The fourth-order valence-electron chi connectivity index (χ4n) is 2.97. The van der Waals surface area contributed by atoms with Crippen molar-refractivity contribution >= 4 is 17.2 Å². The predicted octanol–water partition coefficient (Wildman–Crippen LogP) is 4.20. The summed E-state index contributed by atoms with van der Waals surface area (Å²) in [7, 11) is 1.91. The first-order valence-electron chi connectivity index (χ1n) is 7.69. The van der Waals surface area contributed by atoms with Gasteiger partial charge in [-0.3, -0.25) is 4.79 Å². The molecule has 22 heavy (non-hydrogen) atoms. The Bertz CT molecular complexity index is 699. The summed E-state index contributed by atoms with van der Waals surface area (Å²) in [5.74, 6) is 0.0784. The van der Waals surface area contributed by atoms with E-state index in [1.54, 1.807) is 6.20 Å². The van der Waals surface area contributed by atoms with Crippen molar-refractivity contribution in [2.45, 2.75) is 45.1 Å². The van der Waals surface area contributed by atoms with Gasteiger partial charge in [0.2, 0.25) is 0 Å². The van der Waals surface area contributed by atoms with Crippen molar-refractivity contribution in [2.75, 3.05) is 7.05 Å². The lowest BCUT2D eigenvalue weighted by atomic mass is 9.98. The zero-order valence-corrected chi connectivity index (χ0v) is 14.4. The third-order valence-corrected chi connectivity index (χ3v) is 5.66. The van der Waals surface area contributed by atoms with Gasteiger partial charge in [0.25, 0.3) is 5.91 Å². The third-order valence-electron chi connectivity index (χ3n) is 4.25. The van der Waals surface area contributed by atoms with E-state index in [2.05, 4.69) is 50.0 Å². The molecule has 116 valence electrons. The molecule has 2 aromatic rings. The normalized spacial score (nSPS) is 17.4. The lowest BCUT2D eigenvalue weighted by molar-refractivity contribution is 0.0735. The van der Waals surface area contributed by atoms with Gasteiger partial charge in [-0.2, -0.15) is 0 Å². The number of benzene rings is 1. The minimum Gasteiger partial charge on any atom is -0.334 e. The lowest BCUT2D eigenvalue weighted by Crippen LogP contribution is -2.29. The summed E-state index contributed by atoms with van der Waals surface area (Å²) in [6, 6.07) is 8.62. The molecule has 0 fully saturated rings. The molecule has 3 rings (SSSR count). The Balaban J connectivity index is 1.83. The molecule has 0 unspecified atom stereocenters. The Morgan fingerprint density at radius 3 is 2.73 bits per heavy atom. The molecule has 1 aliphatic carbocycles. The third kappa shape index (κ3) is 2.68. The fourth-order valence-corrected chi connectivity index (χ4v) is 3.93. The van der Waals surface area contributed by atoms with E-state index < -0.39 is 0 Å². The highest BCUT2D eigenvalue weighted by molar-refractivity contribution is 7.13. The van der Waals surface area contributed by atoms with Gasteiger partial charge in [-0.1, -0.05) is 45.0 Å². The Morgan fingerprint density at radius 2 is 2.05 bits per heavy atom. The van der Waals surface area contributed by atoms with Crippen LogP contribution >= 0.6 is 11.3 Å². The zero-order valence-electron chi connectivity index (χ0n) is 13.6. The molecule has 1 atom stereocenters. The average Bonchev–Trinajstić information content (AvgIpc) is 3.12. The molecule has 0 spiro atoms. The van der Waals surface area contributed by atoms with Gasteiger partial charge in [0, 0.05) is 12.5 Å². The number of aromatic nitrogens is 1. The fraction of sp³-hybridized carbons (Fsp3) is 0.444. The molecule has 1 amide bonds.